The van der Waals surface area contributed by atoms with Crippen LogP contribution in [0.15, 0.2) is 35.1 Å². The normalized spacial score (nSPS) is 25.8. The lowest BCUT2D eigenvalue weighted by atomic mass is 9.98. The Kier molecular flexibility index (Phi) is 4.27. The molecule has 0 bridgehead atoms. The SMILES string of the molecule is Cc1cc(C(=O)N2CC[C@]3(C[C@@H](OCc4ccncc4)CO3)C2)no1. The molecule has 132 valence electrons. The maximum Gasteiger partial charge on any atom is 0.276 e. The van der Waals surface area contributed by atoms with Gasteiger partial charge in [-0.15, -0.1) is 0 Å². The predicted molar refractivity (Wildman–Crippen MR) is 87.9 cm³/mol. The third-order valence-electron chi connectivity index (χ3n) is 4.86. The number of hydrogen-bond acceptors (Lipinski definition) is 6. The van der Waals surface area contributed by atoms with Crippen LogP contribution in [0.3, 0.4) is 0 Å². The Hall–Kier alpha value is -2.25. The van der Waals surface area contributed by atoms with Gasteiger partial charge in [-0.05, 0) is 31.0 Å². The minimum Gasteiger partial charge on any atom is -0.371 e. The summed E-state index contributed by atoms with van der Waals surface area (Å²) in [7, 11) is 0. The number of ether oxygens (including phenoxy) is 2. The predicted octanol–water partition coefficient (Wildman–Crippen LogP) is 1.97. The highest BCUT2D eigenvalue weighted by atomic mass is 16.6. The maximum absolute atomic E-state index is 12.5. The van der Waals surface area contributed by atoms with Gasteiger partial charge in [0.25, 0.3) is 5.91 Å². The fourth-order valence-corrected chi connectivity index (χ4v) is 3.53. The molecule has 0 unspecified atom stereocenters. The molecular weight excluding hydrogens is 322 g/mol. The Bertz CT molecular complexity index is 748. The summed E-state index contributed by atoms with van der Waals surface area (Å²) in [4.78, 5) is 18.3. The number of aromatic nitrogens is 2. The van der Waals surface area contributed by atoms with Crippen molar-refractivity contribution in [2.75, 3.05) is 19.7 Å². The second-order valence-electron chi connectivity index (χ2n) is 6.79. The molecule has 0 aromatic carbocycles. The summed E-state index contributed by atoms with van der Waals surface area (Å²) in [6.07, 6.45) is 5.21. The van der Waals surface area contributed by atoms with Gasteiger partial charge < -0.3 is 18.9 Å². The van der Waals surface area contributed by atoms with E-state index in [1.807, 2.05) is 12.1 Å². The summed E-state index contributed by atoms with van der Waals surface area (Å²) < 4.78 is 17.0. The molecule has 1 amide bonds. The van der Waals surface area contributed by atoms with E-state index in [9.17, 15) is 4.79 Å². The van der Waals surface area contributed by atoms with E-state index in [1.165, 1.54) is 0 Å². The van der Waals surface area contributed by atoms with Crippen LogP contribution in [0.1, 0.15) is 34.7 Å². The first-order valence-corrected chi connectivity index (χ1v) is 8.51. The molecule has 2 aliphatic rings. The van der Waals surface area contributed by atoms with Gasteiger partial charge in [-0.25, -0.2) is 0 Å². The van der Waals surface area contributed by atoms with Crippen molar-refractivity contribution in [3.63, 3.8) is 0 Å². The van der Waals surface area contributed by atoms with Crippen LogP contribution < -0.4 is 0 Å². The van der Waals surface area contributed by atoms with E-state index in [2.05, 4.69) is 10.1 Å². The lowest BCUT2D eigenvalue weighted by Gasteiger charge is -2.22. The molecule has 0 saturated carbocycles. The van der Waals surface area contributed by atoms with E-state index in [4.69, 9.17) is 14.0 Å². The zero-order chi connectivity index (χ0) is 17.3. The smallest absolute Gasteiger partial charge is 0.276 e. The highest BCUT2D eigenvalue weighted by molar-refractivity contribution is 5.92. The van der Waals surface area contributed by atoms with Gasteiger partial charge in [-0.1, -0.05) is 5.16 Å². The van der Waals surface area contributed by atoms with E-state index >= 15 is 0 Å². The monoisotopic (exact) mass is 343 g/mol. The van der Waals surface area contributed by atoms with Gasteiger partial charge in [0.2, 0.25) is 0 Å². The van der Waals surface area contributed by atoms with Crippen LogP contribution in [-0.2, 0) is 16.1 Å². The van der Waals surface area contributed by atoms with Crippen LogP contribution >= 0.6 is 0 Å². The lowest BCUT2D eigenvalue weighted by Crippen LogP contribution is -2.36. The molecule has 2 saturated heterocycles. The van der Waals surface area contributed by atoms with Crippen LogP contribution in [0.4, 0.5) is 0 Å². The fraction of sp³-hybridized carbons (Fsp3) is 0.500. The number of carbonyl (C=O) groups is 1. The summed E-state index contributed by atoms with van der Waals surface area (Å²) in [5.74, 6) is 0.539. The average Bonchev–Trinajstić information content (AvgIpc) is 3.35. The molecule has 0 aliphatic carbocycles. The van der Waals surface area contributed by atoms with Crippen molar-refractivity contribution in [2.45, 2.75) is 38.1 Å². The van der Waals surface area contributed by atoms with Crippen LogP contribution in [0.25, 0.3) is 0 Å². The third-order valence-corrected chi connectivity index (χ3v) is 4.86. The minimum atomic E-state index is -0.294. The number of pyridine rings is 1. The Morgan fingerprint density at radius 2 is 2.28 bits per heavy atom. The number of rotatable bonds is 4. The van der Waals surface area contributed by atoms with Crippen molar-refractivity contribution in [2.24, 2.45) is 0 Å². The summed E-state index contributed by atoms with van der Waals surface area (Å²) in [6.45, 7) is 4.14. The zero-order valence-electron chi connectivity index (χ0n) is 14.2. The Morgan fingerprint density at radius 3 is 3.04 bits per heavy atom. The molecule has 2 aliphatic heterocycles. The quantitative estimate of drug-likeness (QED) is 0.845. The topological polar surface area (TPSA) is 77.7 Å². The van der Waals surface area contributed by atoms with Crippen molar-refractivity contribution in [1.29, 1.82) is 0 Å². The Morgan fingerprint density at radius 1 is 1.44 bits per heavy atom. The molecule has 7 heteroatoms. The van der Waals surface area contributed by atoms with Crippen LogP contribution in [0.2, 0.25) is 0 Å². The van der Waals surface area contributed by atoms with Gasteiger partial charge in [0.05, 0.1) is 31.5 Å². The molecule has 2 aromatic rings. The maximum atomic E-state index is 12.5. The van der Waals surface area contributed by atoms with Crippen molar-refractivity contribution >= 4 is 5.91 Å². The highest BCUT2D eigenvalue weighted by Crippen LogP contribution is 2.37. The molecule has 4 heterocycles. The third kappa shape index (κ3) is 3.43. The molecule has 4 rings (SSSR count). The standard InChI is InChI=1S/C18H21N3O4/c1-13-8-16(20-25-13)17(22)21-7-4-18(12-21)9-15(11-24-18)23-10-14-2-5-19-6-3-14/h2-3,5-6,8,15H,4,7,9-12H2,1H3/t15-,18+/m1/s1. The zero-order valence-corrected chi connectivity index (χ0v) is 14.2. The summed E-state index contributed by atoms with van der Waals surface area (Å²) in [5, 5.41) is 3.82. The summed E-state index contributed by atoms with van der Waals surface area (Å²) in [5.41, 5.74) is 1.16. The molecular formula is C18H21N3O4. The molecule has 0 N–H and O–H groups in total. The number of carbonyl (C=O) groups excluding carboxylic acids is 1. The van der Waals surface area contributed by atoms with Gasteiger partial charge in [0, 0.05) is 31.4 Å². The molecule has 2 fully saturated rings. The molecule has 7 nitrogen and oxygen atoms in total. The van der Waals surface area contributed by atoms with E-state index in [0.717, 1.165) is 18.4 Å². The average molecular weight is 343 g/mol. The number of amides is 1. The van der Waals surface area contributed by atoms with Gasteiger partial charge >= 0.3 is 0 Å². The van der Waals surface area contributed by atoms with Crippen LogP contribution in [-0.4, -0.2) is 52.3 Å². The Balaban J connectivity index is 1.32. The number of nitrogens with zero attached hydrogens (tertiary/aromatic N) is 3. The van der Waals surface area contributed by atoms with Crippen LogP contribution in [0, 0.1) is 6.92 Å². The summed E-state index contributed by atoms with van der Waals surface area (Å²) in [6, 6.07) is 5.56. The van der Waals surface area contributed by atoms with Crippen molar-refractivity contribution in [1.82, 2.24) is 15.0 Å². The first-order valence-electron chi connectivity index (χ1n) is 8.51. The van der Waals surface area contributed by atoms with Gasteiger partial charge in [-0.3, -0.25) is 9.78 Å². The molecule has 25 heavy (non-hydrogen) atoms. The largest absolute Gasteiger partial charge is 0.371 e. The lowest BCUT2D eigenvalue weighted by molar-refractivity contribution is 0.000216. The highest BCUT2D eigenvalue weighted by Gasteiger charge is 2.47. The van der Waals surface area contributed by atoms with Gasteiger partial charge in [0.1, 0.15) is 5.76 Å². The van der Waals surface area contributed by atoms with Crippen molar-refractivity contribution in [3.8, 4) is 0 Å². The number of hydrogen-bond donors (Lipinski definition) is 0. The second kappa shape index (κ2) is 6.57. The minimum absolute atomic E-state index is 0.0533. The van der Waals surface area contributed by atoms with Crippen LogP contribution in [0.5, 0.6) is 0 Å². The van der Waals surface area contributed by atoms with E-state index in [1.54, 1.807) is 30.3 Å². The molecule has 2 aromatic heterocycles. The number of likely N-dealkylation sites (tertiary alicyclic amines) is 1. The Labute approximate surface area is 145 Å². The first-order chi connectivity index (χ1) is 12.1. The van der Waals surface area contributed by atoms with E-state index in [-0.39, 0.29) is 17.6 Å². The molecule has 1 spiro atoms. The van der Waals surface area contributed by atoms with Crippen molar-refractivity contribution in [3.05, 3.63) is 47.6 Å². The fourth-order valence-electron chi connectivity index (χ4n) is 3.53. The van der Waals surface area contributed by atoms with Crippen molar-refractivity contribution < 1.29 is 18.8 Å². The molecule has 2 atom stereocenters. The number of aryl methyl sites for hydroxylation is 1. The van der Waals surface area contributed by atoms with E-state index in [0.29, 0.717) is 37.8 Å². The van der Waals surface area contributed by atoms with E-state index < -0.39 is 0 Å². The summed E-state index contributed by atoms with van der Waals surface area (Å²) >= 11 is 0. The second-order valence-corrected chi connectivity index (χ2v) is 6.79. The van der Waals surface area contributed by atoms with Gasteiger partial charge in [0.15, 0.2) is 5.69 Å². The molecule has 0 radical (unpaired) electrons. The first kappa shape index (κ1) is 16.2. The van der Waals surface area contributed by atoms with Gasteiger partial charge in [-0.2, -0.15) is 0 Å².